The Morgan fingerprint density at radius 2 is 0.900 bits per heavy atom. The van der Waals surface area contributed by atoms with Gasteiger partial charge in [-0.2, -0.15) is 8.42 Å². The van der Waals surface area contributed by atoms with Crippen molar-refractivity contribution in [2.75, 3.05) is 6.61 Å². The summed E-state index contributed by atoms with van der Waals surface area (Å²) < 4.78 is 42.6. The Kier molecular flexibility index (Phi) is 21.9. The first kappa shape index (κ1) is 29.8. The third-order valence-electron chi connectivity index (χ3n) is 5.84. The Morgan fingerprint density at radius 3 is 1.30 bits per heavy atom. The van der Waals surface area contributed by atoms with E-state index in [4.69, 9.17) is 4.18 Å². The van der Waals surface area contributed by atoms with Crippen LogP contribution in [0.25, 0.3) is 0 Å². The molecule has 5 heteroatoms. The Bertz CT molecular complexity index is 440. The van der Waals surface area contributed by atoms with E-state index in [9.17, 15) is 12.8 Å². The molecule has 0 heterocycles. The number of hydrogen-bond acceptors (Lipinski definition) is 3. The molecule has 0 N–H and O–H groups in total. The molecule has 182 valence electrons. The number of rotatable bonds is 24. The van der Waals surface area contributed by atoms with Crippen molar-refractivity contribution < 1.29 is 17.0 Å². The molecule has 0 rings (SSSR count). The van der Waals surface area contributed by atoms with Crippen LogP contribution in [0.1, 0.15) is 149 Å². The maximum absolute atomic E-state index is 14.0. The van der Waals surface area contributed by atoms with E-state index in [1.54, 1.807) is 0 Å². The second-order valence-electron chi connectivity index (χ2n) is 8.88. The third kappa shape index (κ3) is 19.8. The van der Waals surface area contributed by atoms with Crippen LogP contribution in [0, 0.1) is 0 Å². The summed E-state index contributed by atoms with van der Waals surface area (Å²) in [6.07, 6.45) is 23.5. The lowest BCUT2D eigenvalue weighted by molar-refractivity contribution is 0.270. The van der Waals surface area contributed by atoms with Crippen LogP contribution in [0.4, 0.5) is 4.39 Å². The van der Waals surface area contributed by atoms with Gasteiger partial charge >= 0.3 is 0 Å². The molecule has 1 unspecified atom stereocenters. The Labute approximate surface area is 188 Å². The van der Waals surface area contributed by atoms with Gasteiger partial charge in [0.15, 0.2) is 0 Å². The van der Waals surface area contributed by atoms with Gasteiger partial charge in [0.25, 0.3) is 10.1 Å². The molecule has 0 aliphatic heterocycles. The van der Waals surface area contributed by atoms with Gasteiger partial charge in [0.2, 0.25) is 5.50 Å². The van der Waals surface area contributed by atoms with E-state index >= 15 is 0 Å². The van der Waals surface area contributed by atoms with Crippen molar-refractivity contribution in [1.82, 2.24) is 0 Å². The molecular formula is C25H51FO3S. The molecular weight excluding hydrogens is 399 g/mol. The van der Waals surface area contributed by atoms with Crippen LogP contribution in [0.3, 0.4) is 0 Å². The fourth-order valence-corrected chi connectivity index (χ4v) is 4.73. The van der Waals surface area contributed by atoms with E-state index in [2.05, 4.69) is 13.8 Å². The van der Waals surface area contributed by atoms with E-state index in [0.29, 0.717) is 12.8 Å². The van der Waals surface area contributed by atoms with Crippen LogP contribution in [-0.4, -0.2) is 20.5 Å². The molecule has 0 aromatic rings. The van der Waals surface area contributed by atoms with Crippen molar-refractivity contribution in [2.45, 2.75) is 154 Å². The molecule has 0 aromatic carbocycles. The first-order valence-corrected chi connectivity index (χ1v) is 14.5. The second kappa shape index (κ2) is 22.0. The van der Waals surface area contributed by atoms with Gasteiger partial charge in [0, 0.05) is 0 Å². The minimum atomic E-state index is -4.05. The predicted octanol–water partition coefficient (Wildman–Crippen LogP) is 8.86. The van der Waals surface area contributed by atoms with E-state index in [0.717, 1.165) is 25.7 Å². The monoisotopic (exact) mass is 450 g/mol. The van der Waals surface area contributed by atoms with Crippen molar-refractivity contribution in [2.24, 2.45) is 0 Å². The highest BCUT2D eigenvalue weighted by Crippen LogP contribution is 2.17. The van der Waals surface area contributed by atoms with Crippen LogP contribution < -0.4 is 0 Å². The van der Waals surface area contributed by atoms with Crippen molar-refractivity contribution in [1.29, 1.82) is 0 Å². The number of alkyl halides is 1. The number of halogens is 1. The van der Waals surface area contributed by atoms with E-state index in [1.165, 1.54) is 89.9 Å². The zero-order valence-corrected chi connectivity index (χ0v) is 21.0. The molecule has 0 radical (unpaired) electrons. The molecule has 1 atom stereocenters. The average Bonchev–Trinajstić information content (AvgIpc) is 2.73. The van der Waals surface area contributed by atoms with Crippen molar-refractivity contribution in [3.05, 3.63) is 0 Å². The highest BCUT2D eigenvalue weighted by Gasteiger charge is 2.25. The number of unbranched alkanes of at least 4 members (excludes halogenated alkanes) is 18. The molecule has 0 amide bonds. The summed E-state index contributed by atoms with van der Waals surface area (Å²) in [5.41, 5.74) is -1.87. The summed E-state index contributed by atoms with van der Waals surface area (Å²) >= 11 is 0. The standard InChI is InChI=1S/C25H51FO3S/c1-3-5-7-9-11-13-14-15-16-18-20-22-24-29-30(27,28)25(26)23-21-19-17-12-10-8-6-4-2/h25H,3-24H2,1-2H3. The molecule has 0 bridgehead atoms. The summed E-state index contributed by atoms with van der Waals surface area (Å²) in [4.78, 5) is 0. The zero-order valence-electron chi connectivity index (χ0n) is 20.1. The maximum atomic E-state index is 14.0. The van der Waals surface area contributed by atoms with Gasteiger partial charge in [-0.15, -0.1) is 0 Å². The summed E-state index contributed by atoms with van der Waals surface area (Å²) in [5.74, 6) is 0. The Hall–Kier alpha value is -0.160. The Balaban J connectivity index is 3.48. The lowest BCUT2D eigenvalue weighted by Gasteiger charge is -2.10. The topological polar surface area (TPSA) is 43.4 Å². The zero-order chi connectivity index (χ0) is 22.3. The van der Waals surface area contributed by atoms with Crippen molar-refractivity contribution >= 4 is 10.1 Å². The smallest absolute Gasteiger partial charge is 0.268 e. The van der Waals surface area contributed by atoms with Gasteiger partial charge in [0.1, 0.15) is 0 Å². The summed E-state index contributed by atoms with van der Waals surface area (Å²) in [7, 11) is -4.05. The summed E-state index contributed by atoms with van der Waals surface area (Å²) in [6, 6.07) is 0. The largest absolute Gasteiger partial charge is 0.299 e. The molecule has 30 heavy (non-hydrogen) atoms. The molecule has 0 fully saturated rings. The predicted molar refractivity (Wildman–Crippen MR) is 128 cm³/mol. The fraction of sp³-hybridized carbons (Fsp3) is 1.00. The van der Waals surface area contributed by atoms with Crippen LogP contribution in [0.5, 0.6) is 0 Å². The van der Waals surface area contributed by atoms with Crippen LogP contribution >= 0.6 is 0 Å². The van der Waals surface area contributed by atoms with E-state index in [-0.39, 0.29) is 13.0 Å². The molecule has 0 aromatic heterocycles. The van der Waals surface area contributed by atoms with Crippen LogP contribution in [0.15, 0.2) is 0 Å². The van der Waals surface area contributed by atoms with E-state index < -0.39 is 15.6 Å². The van der Waals surface area contributed by atoms with Gasteiger partial charge in [-0.25, -0.2) is 4.39 Å². The minimum Gasteiger partial charge on any atom is -0.268 e. The maximum Gasteiger partial charge on any atom is 0.299 e. The lowest BCUT2D eigenvalue weighted by atomic mass is 10.1. The minimum absolute atomic E-state index is 0.0652. The van der Waals surface area contributed by atoms with Gasteiger partial charge in [-0.05, 0) is 19.3 Å². The molecule has 0 aliphatic rings. The van der Waals surface area contributed by atoms with Crippen LogP contribution in [-0.2, 0) is 14.3 Å². The first-order chi connectivity index (χ1) is 14.5. The van der Waals surface area contributed by atoms with E-state index in [1.807, 2.05) is 0 Å². The fourth-order valence-electron chi connectivity index (χ4n) is 3.78. The average molecular weight is 451 g/mol. The second-order valence-corrected chi connectivity index (χ2v) is 10.6. The lowest BCUT2D eigenvalue weighted by Crippen LogP contribution is -2.19. The van der Waals surface area contributed by atoms with Gasteiger partial charge < -0.3 is 0 Å². The molecule has 3 nitrogen and oxygen atoms in total. The molecule has 0 saturated heterocycles. The summed E-state index contributed by atoms with van der Waals surface area (Å²) in [5, 5.41) is 0. The Morgan fingerprint density at radius 1 is 0.567 bits per heavy atom. The molecule has 0 spiro atoms. The van der Waals surface area contributed by atoms with Crippen molar-refractivity contribution in [3.63, 3.8) is 0 Å². The first-order valence-electron chi connectivity index (χ1n) is 13.1. The highest BCUT2D eigenvalue weighted by atomic mass is 32.2. The highest BCUT2D eigenvalue weighted by molar-refractivity contribution is 7.87. The van der Waals surface area contributed by atoms with Crippen molar-refractivity contribution in [3.8, 4) is 0 Å². The van der Waals surface area contributed by atoms with Gasteiger partial charge in [0.05, 0.1) is 6.61 Å². The molecule has 0 saturated carbocycles. The normalized spacial score (nSPS) is 13.0. The van der Waals surface area contributed by atoms with Gasteiger partial charge in [-0.1, -0.05) is 129 Å². The SMILES string of the molecule is CCCCCCCCCCCCCCOS(=O)(=O)C(F)CCCCCCCCCC. The quantitative estimate of drug-likeness (QED) is 0.109. The summed E-state index contributed by atoms with van der Waals surface area (Å²) in [6.45, 7) is 4.56. The van der Waals surface area contributed by atoms with Gasteiger partial charge in [-0.3, -0.25) is 4.18 Å². The van der Waals surface area contributed by atoms with Crippen LogP contribution in [0.2, 0.25) is 0 Å². The third-order valence-corrected chi connectivity index (χ3v) is 7.20. The molecule has 0 aliphatic carbocycles. The number of hydrogen-bond donors (Lipinski definition) is 0.